The van der Waals surface area contributed by atoms with Crippen molar-refractivity contribution in [1.29, 1.82) is 0 Å². The van der Waals surface area contributed by atoms with Crippen molar-refractivity contribution in [2.75, 3.05) is 33.4 Å². The molecular formula is C23H37IN4O2. The first-order valence-electron chi connectivity index (χ1n) is 11.0. The highest BCUT2D eigenvalue weighted by Crippen LogP contribution is 2.43. The number of amides is 1. The van der Waals surface area contributed by atoms with E-state index >= 15 is 0 Å². The van der Waals surface area contributed by atoms with Gasteiger partial charge in [0, 0.05) is 46.3 Å². The van der Waals surface area contributed by atoms with Crippen molar-refractivity contribution in [3.8, 4) is 0 Å². The Morgan fingerprint density at radius 2 is 2.03 bits per heavy atom. The van der Waals surface area contributed by atoms with Gasteiger partial charge in [0.05, 0.1) is 6.54 Å². The van der Waals surface area contributed by atoms with E-state index in [4.69, 9.17) is 9.73 Å². The van der Waals surface area contributed by atoms with Gasteiger partial charge in [0.15, 0.2) is 5.96 Å². The Labute approximate surface area is 198 Å². The Hall–Kier alpha value is -1.35. The number of rotatable bonds is 10. The van der Waals surface area contributed by atoms with Crippen LogP contribution in [0.3, 0.4) is 0 Å². The number of guanidine groups is 1. The topological polar surface area (TPSA) is 66.0 Å². The second-order valence-electron chi connectivity index (χ2n) is 8.38. The van der Waals surface area contributed by atoms with E-state index in [1.807, 2.05) is 4.90 Å². The maximum absolute atomic E-state index is 11.9. The third-order valence-corrected chi connectivity index (χ3v) is 6.18. The van der Waals surface area contributed by atoms with Crippen LogP contribution in [-0.4, -0.2) is 50.1 Å². The Morgan fingerprint density at radius 1 is 1.23 bits per heavy atom. The second kappa shape index (κ2) is 12.5. The molecule has 2 N–H and O–H groups in total. The molecule has 1 aromatic carbocycles. The molecule has 1 amide bonds. The fraction of sp³-hybridized carbons (Fsp3) is 0.652. The number of nitrogens with zero attached hydrogens (tertiary/aromatic N) is 2. The van der Waals surface area contributed by atoms with Gasteiger partial charge < -0.3 is 20.3 Å². The minimum Gasteiger partial charge on any atom is -0.385 e. The largest absolute Gasteiger partial charge is 0.385 e. The van der Waals surface area contributed by atoms with E-state index in [0.29, 0.717) is 24.9 Å². The summed E-state index contributed by atoms with van der Waals surface area (Å²) in [7, 11) is 1.78. The molecule has 0 bridgehead atoms. The van der Waals surface area contributed by atoms with Crippen molar-refractivity contribution >= 4 is 35.8 Å². The summed E-state index contributed by atoms with van der Waals surface area (Å²) in [5.41, 5.74) is 2.71. The van der Waals surface area contributed by atoms with E-state index in [0.717, 1.165) is 45.0 Å². The van der Waals surface area contributed by atoms with Crippen LogP contribution in [0.1, 0.15) is 56.6 Å². The Bertz CT molecular complexity index is 706. The average molecular weight is 528 g/mol. The minimum atomic E-state index is 0. The third-order valence-electron chi connectivity index (χ3n) is 6.18. The molecule has 30 heavy (non-hydrogen) atoms. The van der Waals surface area contributed by atoms with Crippen LogP contribution < -0.4 is 10.6 Å². The number of halogens is 1. The lowest BCUT2D eigenvalue weighted by molar-refractivity contribution is -0.128. The van der Waals surface area contributed by atoms with E-state index in [2.05, 4.69) is 41.8 Å². The van der Waals surface area contributed by atoms with Gasteiger partial charge in [-0.1, -0.05) is 30.7 Å². The van der Waals surface area contributed by atoms with Crippen LogP contribution in [0.15, 0.2) is 29.3 Å². The first-order valence-corrected chi connectivity index (χ1v) is 11.0. The predicted molar refractivity (Wildman–Crippen MR) is 132 cm³/mol. The monoisotopic (exact) mass is 528 g/mol. The Balaban J connectivity index is 0.00000320. The molecule has 0 aromatic heterocycles. The van der Waals surface area contributed by atoms with Crippen molar-refractivity contribution in [2.45, 2.75) is 58.5 Å². The molecule has 1 aliphatic heterocycles. The standard InChI is InChI=1S/C23H36N4O2.HI/c1-3-24-22(26-18-23(10-6-11-23)12-14-29-2)25-16-19-7-4-8-20(15-19)17-27-13-5-9-21(27)28;/h4,7-8,15H,3,5-6,9-14,16-18H2,1-2H3,(H2,24,25,26);1H. The van der Waals surface area contributed by atoms with E-state index in [9.17, 15) is 4.79 Å². The quantitative estimate of drug-likeness (QED) is 0.276. The number of ether oxygens (including phenoxy) is 1. The highest BCUT2D eigenvalue weighted by atomic mass is 127. The van der Waals surface area contributed by atoms with Gasteiger partial charge in [-0.05, 0) is 49.1 Å². The molecule has 1 saturated heterocycles. The van der Waals surface area contributed by atoms with E-state index in [1.54, 1.807) is 7.11 Å². The summed E-state index contributed by atoms with van der Waals surface area (Å²) < 4.78 is 5.30. The number of carbonyl (C=O) groups is 1. The van der Waals surface area contributed by atoms with Crippen molar-refractivity contribution in [3.05, 3.63) is 35.4 Å². The number of likely N-dealkylation sites (tertiary alicyclic amines) is 1. The number of nitrogens with one attached hydrogen (secondary N) is 2. The van der Waals surface area contributed by atoms with Crippen LogP contribution in [-0.2, 0) is 22.6 Å². The zero-order valence-corrected chi connectivity index (χ0v) is 20.7. The highest BCUT2D eigenvalue weighted by Gasteiger charge is 2.36. The van der Waals surface area contributed by atoms with Crippen LogP contribution in [0.4, 0.5) is 0 Å². The van der Waals surface area contributed by atoms with Crippen molar-refractivity contribution in [1.82, 2.24) is 15.5 Å². The maximum Gasteiger partial charge on any atom is 0.222 e. The molecule has 2 fully saturated rings. The van der Waals surface area contributed by atoms with Crippen molar-refractivity contribution < 1.29 is 9.53 Å². The Morgan fingerprint density at radius 3 is 2.67 bits per heavy atom. The fourth-order valence-corrected chi connectivity index (χ4v) is 4.21. The van der Waals surface area contributed by atoms with Crippen LogP contribution in [0, 0.1) is 5.41 Å². The van der Waals surface area contributed by atoms with Gasteiger partial charge in [-0.2, -0.15) is 0 Å². The molecule has 1 heterocycles. The van der Waals surface area contributed by atoms with Crippen molar-refractivity contribution in [2.24, 2.45) is 10.4 Å². The second-order valence-corrected chi connectivity index (χ2v) is 8.38. The van der Waals surface area contributed by atoms with Gasteiger partial charge in [0.1, 0.15) is 0 Å². The van der Waals surface area contributed by atoms with Gasteiger partial charge >= 0.3 is 0 Å². The molecule has 1 saturated carbocycles. The molecule has 2 aliphatic rings. The zero-order valence-electron chi connectivity index (χ0n) is 18.4. The minimum absolute atomic E-state index is 0. The molecule has 3 rings (SSSR count). The number of hydrogen-bond donors (Lipinski definition) is 2. The zero-order chi connectivity index (χ0) is 20.5. The van der Waals surface area contributed by atoms with Crippen LogP contribution in [0.5, 0.6) is 0 Å². The number of aliphatic imine (C=N–C) groups is 1. The number of hydrogen-bond acceptors (Lipinski definition) is 3. The molecule has 0 atom stereocenters. The fourth-order valence-electron chi connectivity index (χ4n) is 4.21. The van der Waals surface area contributed by atoms with Gasteiger partial charge in [-0.3, -0.25) is 4.79 Å². The third kappa shape index (κ3) is 7.11. The lowest BCUT2D eigenvalue weighted by atomic mass is 9.67. The molecule has 0 radical (unpaired) electrons. The first-order chi connectivity index (χ1) is 14.1. The normalized spacial score (nSPS) is 18.0. The molecule has 168 valence electrons. The summed E-state index contributed by atoms with van der Waals surface area (Å²) in [5.74, 6) is 1.14. The van der Waals surface area contributed by atoms with Gasteiger partial charge in [0.25, 0.3) is 0 Å². The smallest absolute Gasteiger partial charge is 0.222 e. The van der Waals surface area contributed by atoms with Crippen LogP contribution in [0.2, 0.25) is 0 Å². The summed E-state index contributed by atoms with van der Waals surface area (Å²) in [6.45, 7) is 6.91. The summed E-state index contributed by atoms with van der Waals surface area (Å²) in [6, 6.07) is 8.44. The highest BCUT2D eigenvalue weighted by molar-refractivity contribution is 14.0. The van der Waals surface area contributed by atoms with Crippen LogP contribution >= 0.6 is 24.0 Å². The first kappa shape index (κ1) is 24.9. The molecule has 1 aromatic rings. The molecule has 7 heteroatoms. The van der Waals surface area contributed by atoms with Crippen LogP contribution in [0.25, 0.3) is 0 Å². The molecular weight excluding hydrogens is 491 g/mol. The number of benzene rings is 1. The summed E-state index contributed by atoms with van der Waals surface area (Å²) in [4.78, 5) is 18.6. The van der Waals surface area contributed by atoms with Gasteiger partial charge in [0.2, 0.25) is 5.91 Å². The van der Waals surface area contributed by atoms with E-state index < -0.39 is 0 Å². The molecule has 1 aliphatic carbocycles. The Kier molecular flexibility index (Phi) is 10.4. The summed E-state index contributed by atoms with van der Waals surface area (Å²) in [5, 5.41) is 6.92. The predicted octanol–water partition coefficient (Wildman–Crippen LogP) is 3.69. The molecule has 0 spiro atoms. The SMILES string of the molecule is CCNC(=NCc1cccc(CN2CCCC2=O)c1)NCC1(CCOC)CCC1.I. The number of carbonyl (C=O) groups excluding carboxylic acids is 1. The van der Waals surface area contributed by atoms with Gasteiger partial charge in [-0.25, -0.2) is 4.99 Å². The average Bonchev–Trinajstić information content (AvgIpc) is 3.09. The lowest BCUT2D eigenvalue weighted by Crippen LogP contribution is -2.46. The number of methoxy groups -OCH3 is 1. The maximum atomic E-state index is 11.9. The summed E-state index contributed by atoms with van der Waals surface area (Å²) >= 11 is 0. The summed E-state index contributed by atoms with van der Waals surface area (Å²) in [6.07, 6.45) is 6.61. The molecule has 0 unspecified atom stereocenters. The molecule has 6 nitrogen and oxygen atoms in total. The van der Waals surface area contributed by atoms with Gasteiger partial charge in [-0.15, -0.1) is 24.0 Å². The lowest BCUT2D eigenvalue weighted by Gasteiger charge is -2.42. The van der Waals surface area contributed by atoms with Crippen molar-refractivity contribution in [3.63, 3.8) is 0 Å². The van der Waals surface area contributed by atoms with E-state index in [-0.39, 0.29) is 29.9 Å². The van der Waals surface area contributed by atoms with E-state index in [1.165, 1.54) is 30.4 Å².